The highest BCUT2D eigenvalue weighted by Gasteiger charge is 2.07. The molecule has 0 aliphatic rings. The second kappa shape index (κ2) is 12.7. The van der Waals surface area contributed by atoms with E-state index in [4.69, 9.17) is 14.7 Å². The van der Waals surface area contributed by atoms with Crippen LogP contribution < -0.4 is 0 Å². The minimum absolute atomic E-state index is 0.275. The quantitative estimate of drug-likeness (QED) is 0.347. The van der Waals surface area contributed by atoms with Crippen LogP contribution in [0.5, 0.6) is 0 Å². The highest BCUT2D eigenvalue weighted by Crippen LogP contribution is 2.20. The van der Waals surface area contributed by atoms with Crippen molar-refractivity contribution in [3.05, 3.63) is 59.7 Å². The molecule has 4 heteroatoms. The van der Waals surface area contributed by atoms with Crippen LogP contribution in [0, 0.1) is 11.3 Å². The van der Waals surface area contributed by atoms with Crippen molar-refractivity contribution < 1.29 is 14.3 Å². The Balaban J connectivity index is 1.65. The van der Waals surface area contributed by atoms with E-state index in [0.717, 1.165) is 43.6 Å². The van der Waals surface area contributed by atoms with E-state index in [2.05, 4.69) is 6.07 Å². The van der Waals surface area contributed by atoms with E-state index < -0.39 is 0 Å². The molecule has 0 amide bonds. The van der Waals surface area contributed by atoms with Gasteiger partial charge in [-0.05, 0) is 55.2 Å². The number of benzene rings is 2. The van der Waals surface area contributed by atoms with Gasteiger partial charge >= 0.3 is 5.97 Å². The van der Waals surface area contributed by atoms with Crippen molar-refractivity contribution >= 4 is 5.97 Å². The minimum Gasteiger partial charge on any atom is -0.462 e. The molecule has 0 aromatic heterocycles. The zero-order valence-electron chi connectivity index (χ0n) is 16.7. The molecule has 2 aromatic carbocycles. The van der Waals surface area contributed by atoms with Gasteiger partial charge < -0.3 is 9.47 Å². The minimum atomic E-state index is -0.275. The van der Waals surface area contributed by atoms with Crippen molar-refractivity contribution in [1.82, 2.24) is 0 Å². The predicted molar refractivity (Wildman–Crippen MR) is 111 cm³/mol. The summed E-state index contributed by atoms with van der Waals surface area (Å²) in [6.45, 7) is 4.14. The normalized spacial score (nSPS) is 10.4. The van der Waals surface area contributed by atoms with Gasteiger partial charge in [0, 0.05) is 13.2 Å². The molecule has 148 valence electrons. The van der Waals surface area contributed by atoms with Crippen molar-refractivity contribution in [1.29, 1.82) is 5.26 Å². The third-order valence-corrected chi connectivity index (χ3v) is 4.59. The second-order valence-corrected chi connectivity index (χ2v) is 6.72. The summed E-state index contributed by atoms with van der Waals surface area (Å²) < 4.78 is 10.7. The molecule has 0 unspecified atom stereocenters. The third kappa shape index (κ3) is 7.54. The number of hydrogen-bond donors (Lipinski definition) is 0. The fraction of sp³-hybridized carbons (Fsp3) is 0.417. The van der Waals surface area contributed by atoms with Crippen molar-refractivity contribution in [2.24, 2.45) is 0 Å². The molecule has 28 heavy (non-hydrogen) atoms. The standard InChI is InChI=1S/C24H29NO3/c1-2-27-17-7-5-3-4-6-8-18-28-24(26)23-15-13-22(14-16-23)21-11-9-20(19-25)10-12-21/h9-16H,2-8,17-18H2,1H3. The predicted octanol–water partition coefficient (Wildman–Crippen LogP) is 5.76. The first-order valence-corrected chi connectivity index (χ1v) is 10.1. The van der Waals surface area contributed by atoms with E-state index in [0.29, 0.717) is 17.7 Å². The first-order valence-electron chi connectivity index (χ1n) is 10.1. The van der Waals surface area contributed by atoms with Crippen LogP contribution in [-0.2, 0) is 9.47 Å². The van der Waals surface area contributed by atoms with Crippen molar-refractivity contribution in [2.45, 2.75) is 45.4 Å². The number of hydrogen-bond acceptors (Lipinski definition) is 4. The number of esters is 1. The van der Waals surface area contributed by atoms with Gasteiger partial charge in [0.1, 0.15) is 0 Å². The number of rotatable bonds is 12. The SMILES string of the molecule is CCOCCCCCCCCOC(=O)c1ccc(-c2ccc(C#N)cc2)cc1. The molecule has 0 bridgehead atoms. The fourth-order valence-electron chi connectivity index (χ4n) is 2.94. The molecule has 0 fully saturated rings. The molecule has 0 aliphatic carbocycles. The van der Waals surface area contributed by atoms with Crippen LogP contribution in [0.25, 0.3) is 11.1 Å². The van der Waals surface area contributed by atoms with Gasteiger partial charge in [-0.25, -0.2) is 4.79 Å². The lowest BCUT2D eigenvalue weighted by Crippen LogP contribution is -2.06. The number of unbranched alkanes of at least 4 members (excludes halogenated alkanes) is 5. The molecule has 0 atom stereocenters. The van der Waals surface area contributed by atoms with Crippen LogP contribution in [0.15, 0.2) is 48.5 Å². The van der Waals surface area contributed by atoms with E-state index in [-0.39, 0.29) is 5.97 Å². The van der Waals surface area contributed by atoms with Gasteiger partial charge in [0.25, 0.3) is 0 Å². The molecule has 4 nitrogen and oxygen atoms in total. The first kappa shape index (κ1) is 21.7. The van der Waals surface area contributed by atoms with Gasteiger partial charge in [-0.15, -0.1) is 0 Å². The molecule has 0 heterocycles. The van der Waals surface area contributed by atoms with Gasteiger partial charge in [-0.2, -0.15) is 5.26 Å². The zero-order valence-corrected chi connectivity index (χ0v) is 16.7. The molecular weight excluding hydrogens is 350 g/mol. The van der Waals surface area contributed by atoms with E-state index in [1.165, 1.54) is 19.3 Å². The van der Waals surface area contributed by atoms with Crippen LogP contribution in [0.2, 0.25) is 0 Å². The summed E-state index contributed by atoms with van der Waals surface area (Å²) in [6, 6.07) is 16.9. The van der Waals surface area contributed by atoms with Gasteiger partial charge in [-0.3, -0.25) is 0 Å². The monoisotopic (exact) mass is 379 g/mol. The largest absolute Gasteiger partial charge is 0.462 e. The fourth-order valence-corrected chi connectivity index (χ4v) is 2.94. The Hall–Kier alpha value is -2.64. The van der Waals surface area contributed by atoms with Crippen LogP contribution in [-0.4, -0.2) is 25.8 Å². The number of carbonyl (C=O) groups is 1. The van der Waals surface area contributed by atoms with Crippen LogP contribution in [0.3, 0.4) is 0 Å². The van der Waals surface area contributed by atoms with Crippen molar-refractivity contribution in [3.63, 3.8) is 0 Å². The lowest BCUT2D eigenvalue weighted by molar-refractivity contribution is 0.0497. The smallest absolute Gasteiger partial charge is 0.338 e. The maximum Gasteiger partial charge on any atom is 0.338 e. The van der Waals surface area contributed by atoms with Crippen molar-refractivity contribution in [3.8, 4) is 17.2 Å². The number of nitriles is 1. The Morgan fingerprint density at radius 3 is 1.93 bits per heavy atom. The summed E-state index contributed by atoms with van der Waals surface area (Å²) in [7, 11) is 0. The van der Waals surface area contributed by atoms with Gasteiger partial charge in [0.05, 0.1) is 23.8 Å². The third-order valence-electron chi connectivity index (χ3n) is 4.59. The molecule has 0 N–H and O–H groups in total. The van der Waals surface area contributed by atoms with E-state index in [9.17, 15) is 4.79 Å². The maximum absolute atomic E-state index is 12.1. The Morgan fingerprint density at radius 2 is 1.36 bits per heavy atom. The van der Waals surface area contributed by atoms with E-state index >= 15 is 0 Å². The molecule has 0 aliphatic heterocycles. The van der Waals surface area contributed by atoms with Gasteiger partial charge in [-0.1, -0.05) is 49.9 Å². The lowest BCUT2D eigenvalue weighted by atomic mass is 10.0. The topological polar surface area (TPSA) is 59.3 Å². The Kier molecular flexibility index (Phi) is 9.82. The van der Waals surface area contributed by atoms with Crippen LogP contribution >= 0.6 is 0 Å². The number of nitrogens with zero attached hydrogens (tertiary/aromatic N) is 1. The Labute approximate surface area is 168 Å². The van der Waals surface area contributed by atoms with Crippen molar-refractivity contribution in [2.75, 3.05) is 19.8 Å². The summed E-state index contributed by atoms with van der Waals surface area (Å²) in [4.78, 5) is 12.1. The number of ether oxygens (including phenoxy) is 2. The van der Waals surface area contributed by atoms with Gasteiger partial charge in [0.15, 0.2) is 0 Å². The zero-order chi connectivity index (χ0) is 20.0. The highest BCUT2D eigenvalue weighted by molar-refractivity contribution is 5.90. The molecule has 0 radical (unpaired) electrons. The second-order valence-electron chi connectivity index (χ2n) is 6.72. The molecular formula is C24H29NO3. The summed E-state index contributed by atoms with van der Waals surface area (Å²) in [5.74, 6) is -0.275. The summed E-state index contributed by atoms with van der Waals surface area (Å²) in [5.41, 5.74) is 3.22. The highest BCUT2D eigenvalue weighted by atomic mass is 16.5. The first-order chi connectivity index (χ1) is 13.7. The van der Waals surface area contributed by atoms with Crippen LogP contribution in [0.4, 0.5) is 0 Å². The lowest BCUT2D eigenvalue weighted by Gasteiger charge is -2.07. The molecule has 0 saturated carbocycles. The average Bonchev–Trinajstić information content (AvgIpc) is 2.75. The number of carbonyl (C=O) groups excluding carboxylic acids is 1. The van der Waals surface area contributed by atoms with Crippen LogP contribution in [0.1, 0.15) is 61.4 Å². The Bertz CT molecular complexity index is 745. The average molecular weight is 380 g/mol. The van der Waals surface area contributed by atoms with E-state index in [1.807, 2.05) is 31.2 Å². The Morgan fingerprint density at radius 1 is 0.821 bits per heavy atom. The summed E-state index contributed by atoms with van der Waals surface area (Å²) in [6.07, 6.45) is 6.69. The summed E-state index contributed by atoms with van der Waals surface area (Å²) in [5, 5.41) is 8.86. The molecule has 2 rings (SSSR count). The molecule has 0 saturated heterocycles. The summed E-state index contributed by atoms with van der Waals surface area (Å²) >= 11 is 0. The molecule has 2 aromatic rings. The van der Waals surface area contributed by atoms with Gasteiger partial charge in [0.2, 0.25) is 0 Å². The van der Waals surface area contributed by atoms with E-state index in [1.54, 1.807) is 24.3 Å². The maximum atomic E-state index is 12.1. The molecule has 0 spiro atoms.